The van der Waals surface area contributed by atoms with Gasteiger partial charge in [-0.15, -0.1) is 0 Å². The van der Waals surface area contributed by atoms with Crippen molar-refractivity contribution in [3.8, 4) is 22.3 Å². The van der Waals surface area contributed by atoms with Crippen molar-refractivity contribution in [2.24, 2.45) is 0 Å². The third kappa shape index (κ3) is 3.23. The highest BCUT2D eigenvalue weighted by atomic mass is 16.1. The van der Waals surface area contributed by atoms with Gasteiger partial charge in [-0.1, -0.05) is 77.9 Å². The monoisotopic (exact) mass is 382 g/mol. The summed E-state index contributed by atoms with van der Waals surface area (Å²) in [4.78, 5) is 13.3. The predicted molar refractivity (Wildman–Crippen MR) is 123 cm³/mol. The molecule has 0 saturated heterocycles. The second-order valence-electron chi connectivity index (χ2n) is 10.3. The van der Waals surface area contributed by atoms with Gasteiger partial charge in [0, 0.05) is 11.1 Å². The number of aryl methyl sites for hydroxylation is 1. The first-order valence-electron chi connectivity index (χ1n) is 10.4. The molecule has 0 bridgehead atoms. The van der Waals surface area contributed by atoms with Crippen molar-refractivity contribution in [3.05, 3.63) is 82.4 Å². The summed E-state index contributed by atoms with van der Waals surface area (Å²) >= 11 is 0. The molecule has 0 amide bonds. The Morgan fingerprint density at radius 2 is 1.24 bits per heavy atom. The van der Waals surface area contributed by atoms with Gasteiger partial charge in [0.25, 0.3) is 0 Å². The van der Waals surface area contributed by atoms with Crippen LogP contribution in [0.4, 0.5) is 0 Å². The van der Waals surface area contributed by atoms with Crippen LogP contribution in [0.15, 0.2) is 54.6 Å². The van der Waals surface area contributed by atoms with Crippen LogP contribution in [0.3, 0.4) is 0 Å². The molecule has 0 spiro atoms. The van der Waals surface area contributed by atoms with Crippen molar-refractivity contribution in [2.45, 2.75) is 59.3 Å². The summed E-state index contributed by atoms with van der Waals surface area (Å²) < 4.78 is 0. The normalized spacial score (nSPS) is 13.4. The summed E-state index contributed by atoms with van der Waals surface area (Å²) in [5, 5.41) is 0. The lowest BCUT2D eigenvalue weighted by Crippen LogP contribution is -2.14. The standard InChI is InChI=1S/C28H30O/c1-17-10-8-9-11-19(17)23-15-24-22(16-25(23)28(5,6)7)21-14-18(27(2,3)4)12-13-20(21)26(24)29/h8-16H,1-7H3. The first kappa shape index (κ1) is 19.6. The van der Waals surface area contributed by atoms with Gasteiger partial charge in [0.15, 0.2) is 5.78 Å². The van der Waals surface area contributed by atoms with Gasteiger partial charge in [0.2, 0.25) is 0 Å². The zero-order valence-electron chi connectivity index (χ0n) is 18.6. The summed E-state index contributed by atoms with van der Waals surface area (Å²) in [5.74, 6) is 0.144. The summed E-state index contributed by atoms with van der Waals surface area (Å²) in [6.45, 7) is 15.5. The van der Waals surface area contributed by atoms with Crippen molar-refractivity contribution < 1.29 is 4.79 Å². The number of fused-ring (bicyclic) bond motifs is 3. The first-order valence-corrected chi connectivity index (χ1v) is 10.4. The Morgan fingerprint density at radius 1 is 0.586 bits per heavy atom. The largest absolute Gasteiger partial charge is 0.289 e. The van der Waals surface area contributed by atoms with E-state index in [4.69, 9.17) is 0 Å². The second kappa shape index (κ2) is 6.42. The minimum absolute atomic E-state index is 0.0277. The zero-order valence-corrected chi connectivity index (χ0v) is 18.6. The smallest absolute Gasteiger partial charge is 0.194 e. The molecular formula is C28H30O. The van der Waals surface area contributed by atoms with Gasteiger partial charge in [-0.3, -0.25) is 4.79 Å². The maximum absolute atomic E-state index is 13.3. The average molecular weight is 383 g/mol. The molecule has 0 aromatic heterocycles. The van der Waals surface area contributed by atoms with E-state index in [1.807, 2.05) is 6.07 Å². The summed E-state index contributed by atoms with van der Waals surface area (Å²) in [5.41, 5.74) is 10.0. The van der Waals surface area contributed by atoms with Crippen molar-refractivity contribution in [1.82, 2.24) is 0 Å². The number of hydrogen-bond acceptors (Lipinski definition) is 1. The zero-order chi connectivity index (χ0) is 21.1. The molecule has 3 aromatic rings. The minimum atomic E-state index is -0.0277. The molecule has 148 valence electrons. The molecule has 0 heterocycles. The molecule has 29 heavy (non-hydrogen) atoms. The molecule has 0 unspecified atom stereocenters. The van der Waals surface area contributed by atoms with E-state index in [1.54, 1.807) is 0 Å². The minimum Gasteiger partial charge on any atom is -0.289 e. The van der Waals surface area contributed by atoms with Crippen LogP contribution in [-0.4, -0.2) is 5.78 Å². The molecule has 0 aliphatic heterocycles. The van der Waals surface area contributed by atoms with Crippen LogP contribution in [0.25, 0.3) is 22.3 Å². The van der Waals surface area contributed by atoms with E-state index in [0.717, 1.165) is 22.3 Å². The molecule has 1 nitrogen and oxygen atoms in total. The van der Waals surface area contributed by atoms with Gasteiger partial charge in [0.05, 0.1) is 0 Å². The van der Waals surface area contributed by atoms with Crippen molar-refractivity contribution in [2.75, 3.05) is 0 Å². The van der Waals surface area contributed by atoms with Crippen molar-refractivity contribution >= 4 is 5.78 Å². The van der Waals surface area contributed by atoms with Crippen molar-refractivity contribution in [3.63, 3.8) is 0 Å². The third-order valence-corrected chi connectivity index (χ3v) is 6.07. The van der Waals surface area contributed by atoms with E-state index in [0.29, 0.717) is 0 Å². The predicted octanol–water partition coefficient (Wildman–Crippen LogP) is 7.47. The maximum Gasteiger partial charge on any atom is 0.194 e. The highest BCUT2D eigenvalue weighted by Crippen LogP contribution is 2.45. The molecule has 0 N–H and O–H groups in total. The van der Waals surface area contributed by atoms with Crippen LogP contribution in [-0.2, 0) is 10.8 Å². The van der Waals surface area contributed by atoms with Gasteiger partial charge < -0.3 is 0 Å². The SMILES string of the molecule is Cc1ccccc1-c1cc2c(cc1C(C)(C)C)-c1cc(C(C)(C)C)ccc1C2=O. The molecule has 0 radical (unpaired) electrons. The molecular weight excluding hydrogens is 352 g/mol. The number of rotatable bonds is 1. The molecule has 0 fully saturated rings. The van der Waals surface area contributed by atoms with E-state index in [9.17, 15) is 4.79 Å². The molecule has 3 aromatic carbocycles. The lowest BCUT2D eigenvalue weighted by molar-refractivity contribution is 0.104. The van der Waals surface area contributed by atoms with E-state index >= 15 is 0 Å². The Hall–Kier alpha value is -2.67. The van der Waals surface area contributed by atoms with E-state index in [-0.39, 0.29) is 16.6 Å². The van der Waals surface area contributed by atoms with Gasteiger partial charge >= 0.3 is 0 Å². The molecule has 0 atom stereocenters. The van der Waals surface area contributed by atoms with Crippen LogP contribution in [0.1, 0.15) is 74.2 Å². The lowest BCUT2D eigenvalue weighted by Gasteiger charge is -2.25. The van der Waals surface area contributed by atoms with Crippen LogP contribution >= 0.6 is 0 Å². The van der Waals surface area contributed by atoms with Crippen LogP contribution in [0, 0.1) is 6.92 Å². The Balaban J connectivity index is 2.02. The summed E-state index contributed by atoms with van der Waals surface area (Å²) in [7, 11) is 0. The fourth-order valence-electron chi connectivity index (χ4n) is 4.31. The highest BCUT2D eigenvalue weighted by molar-refractivity contribution is 6.22. The summed E-state index contributed by atoms with van der Waals surface area (Å²) in [6, 6.07) is 19.2. The first-order chi connectivity index (χ1) is 13.5. The van der Waals surface area contributed by atoms with Crippen molar-refractivity contribution in [1.29, 1.82) is 0 Å². The Morgan fingerprint density at radius 3 is 1.86 bits per heavy atom. The summed E-state index contributed by atoms with van der Waals surface area (Å²) in [6.07, 6.45) is 0. The molecule has 1 heteroatoms. The number of hydrogen-bond donors (Lipinski definition) is 0. The van der Waals surface area contributed by atoms with E-state index in [2.05, 4.69) is 97.0 Å². The van der Waals surface area contributed by atoms with Crippen LogP contribution in [0.5, 0.6) is 0 Å². The van der Waals surface area contributed by atoms with Crippen LogP contribution in [0.2, 0.25) is 0 Å². The number of carbonyl (C=O) groups excluding carboxylic acids is 1. The molecule has 1 aliphatic carbocycles. The average Bonchev–Trinajstić information content (AvgIpc) is 2.91. The van der Waals surface area contributed by atoms with E-state index in [1.165, 1.54) is 27.8 Å². The van der Waals surface area contributed by atoms with Gasteiger partial charge in [-0.25, -0.2) is 0 Å². The van der Waals surface area contributed by atoms with Gasteiger partial charge in [-0.05, 0) is 74.9 Å². The topological polar surface area (TPSA) is 17.1 Å². The fourth-order valence-corrected chi connectivity index (χ4v) is 4.31. The quantitative estimate of drug-likeness (QED) is 0.334. The maximum atomic E-state index is 13.3. The molecule has 0 saturated carbocycles. The lowest BCUT2D eigenvalue weighted by atomic mass is 9.79. The molecule has 1 aliphatic rings. The van der Waals surface area contributed by atoms with Gasteiger partial charge in [0.1, 0.15) is 0 Å². The number of ketones is 1. The Kier molecular flexibility index (Phi) is 4.35. The number of benzene rings is 3. The van der Waals surface area contributed by atoms with Gasteiger partial charge in [-0.2, -0.15) is 0 Å². The highest BCUT2D eigenvalue weighted by Gasteiger charge is 2.32. The third-order valence-electron chi connectivity index (χ3n) is 6.07. The molecule has 4 rings (SSSR count). The Bertz CT molecular complexity index is 1130. The number of carbonyl (C=O) groups is 1. The second-order valence-corrected chi connectivity index (χ2v) is 10.3. The fraction of sp³-hybridized carbons (Fsp3) is 0.321. The Labute approximate surface area is 174 Å². The van der Waals surface area contributed by atoms with Crippen LogP contribution < -0.4 is 0 Å². The van der Waals surface area contributed by atoms with E-state index < -0.39 is 0 Å².